The van der Waals surface area contributed by atoms with Gasteiger partial charge in [0.2, 0.25) is 5.88 Å². The first-order chi connectivity index (χ1) is 12.2. The molecule has 1 aliphatic rings. The van der Waals surface area contributed by atoms with Gasteiger partial charge >= 0.3 is 0 Å². The summed E-state index contributed by atoms with van der Waals surface area (Å²) in [4.78, 5) is 0. The van der Waals surface area contributed by atoms with E-state index >= 15 is 0 Å². The average molecular weight is 343 g/mol. The number of hydrogen-bond acceptors (Lipinski definition) is 3. The lowest BCUT2D eigenvalue weighted by Crippen LogP contribution is -2.33. The molecule has 4 rings (SSSR count). The van der Waals surface area contributed by atoms with Gasteiger partial charge in [-0.1, -0.05) is 12.1 Å². The Bertz CT molecular complexity index is 888. The smallest absolute Gasteiger partial charge is 0.241 e. The number of piperidine rings is 1. The summed E-state index contributed by atoms with van der Waals surface area (Å²) >= 11 is 0. The Hall–Kier alpha value is -2.47. The summed E-state index contributed by atoms with van der Waals surface area (Å²) in [7, 11) is 0. The first-order valence-corrected chi connectivity index (χ1v) is 8.49. The lowest BCUT2D eigenvalue weighted by Gasteiger charge is -2.22. The van der Waals surface area contributed by atoms with E-state index in [1.807, 2.05) is 24.3 Å². The van der Waals surface area contributed by atoms with Crippen molar-refractivity contribution in [1.82, 2.24) is 15.1 Å². The van der Waals surface area contributed by atoms with Crippen LogP contribution in [0.5, 0.6) is 5.88 Å². The Labute approximate surface area is 144 Å². The van der Waals surface area contributed by atoms with Crippen LogP contribution in [0, 0.1) is 17.6 Å². The minimum atomic E-state index is -0.530. The number of para-hydroxylation sites is 1. The second-order valence-corrected chi connectivity index (χ2v) is 6.35. The van der Waals surface area contributed by atoms with Crippen molar-refractivity contribution in [3.05, 3.63) is 54.1 Å². The Kier molecular flexibility index (Phi) is 4.36. The van der Waals surface area contributed by atoms with E-state index in [0.717, 1.165) is 49.5 Å². The van der Waals surface area contributed by atoms with Gasteiger partial charge in [-0.2, -0.15) is 0 Å². The number of ether oxygens (including phenoxy) is 1. The third-order valence-corrected chi connectivity index (χ3v) is 4.54. The molecule has 1 N–H and O–H groups in total. The molecule has 6 heteroatoms. The molecule has 1 aromatic heterocycles. The van der Waals surface area contributed by atoms with Gasteiger partial charge in [-0.25, -0.2) is 13.5 Å². The normalized spacial score (nSPS) is 17.8. The Morgan fingerprint density at radius 1 is 1.20 bits per heavy atom. The summed E-state index contributed by atoms with van der Waals surface area (Å²) in [5, 5.41) is 8.56. The van der Waals surface area contributed by atoms with Crippen molar-refractivity contribution in [3.63, 3.8) is 0 Å². The molecule has 25 heavy (non-hydrogen) atoms. The van der Waals surface area contributed by atoms with Gasteiger partial charge in [0.1, 0.15) is 17.3 Å². The number of nitrogens with one attached hydrogen (secondary N) is 1. The topological polar surface area (TPSA) is 39.1 Å². The minimum absolute atomic E-state index is 0.0744. The van der Waals surface area contributed by atoms with Gasteiger partial charge in [0.15, 0.2) is 0 Å². The largest absolute Gasteiger partial charge is 0.476 e. The van der Waals surface area contributed by atoms with Gasteiger partial charge in [0, 0.05) is 18.5 Å². The second-order valence-electron chi connectivity index (χ2n) is 6.35. The van der Waals surface area contributed by atoms with Crippen LogP contribution in [-0.4, -0.2) is 29.5 Å². The highest BCUT2D eigenvalue weighted by molar-refractivity contribution is 5.86. The van der Waals surface area contributed by atoms with E-state index in [9.17, 15) is 8.78 Å². The maximum absolute atomic E-state index is 14.2. The van der Waals surface area contributed by atoms with Crippen LogP contribution >= 0.6 is 0 Å². The summed E-state index contributed by atoms with van der Waals surface area (Å²) < 4.78 is 35.1. The summed E-state index contributed by atoms with van der Waals surface area (Å²) in [6.45, 7) is 2.53. The number of benzene rings is 2. The Morgan fingerprint density at radius 2 is 2.08 bits per heavy atom. The van der Waals surface area contributed by atoms with E-state index < -0.39 is 11.6 Å². The molecule has 0 spiro atoms. The van der Waals surface area contributed by atoms with Crippen LogP contribution < -0.4 is 10.1 Å². The lowest BCUT2D eigenvalue weighted by atomic mass is 10.0. The van der Waals surface area contributed by atoms with Crippen molar-refractivity contribution in [1.29, 1.82) is 0 Å². The molecule has 0 saturated carbocycles. The number of fused-ring (bicyclic) bond motifs is 1. The number of aromatic nitrogens is 2. The fourth-order valence-corrected chi connectivity index (χ4v) is 3.24. The van der Waals surface area contributed by atoms with Crippen molar-refractivity contribution in [2.45, 2.75) is 12.8 Å². The molecule has 0 amide bonds. The summed E-state index contributed by atoms with van der Waals surface area (Å²) in [6, 6.07) is 10.8. The van der Waals surface area contributed by atoms with Crippen molar-refractivity contribution in [3.8, 4) is 11.6 Å². The third-order valence-electron chi connectivity index (χ3n) is 4.54. The van der Waals surface area contributed by atoms with Crippen molar-refractivity contribution >= 4 is 10.9 Å². The molecule has 1 saturated heterocycles. The molecule has 130 valence electrons. The molecule has 1 atom stereocenters. The van der Waals surface area contributed by atoms with Crippen LogP contribution in [0.25, 0.3) is 16.6 Å². The van der Waals surface area contributed by atoms with E-state index in [2.05, 4.69) is 10.4 Å². The third kappa shape index (κ3) is 3.22. The van der Waals surface area contributed by atoms with Crippen LogP contribution in [0.4, 0.5) is 8.78 Å². The molecular weight excluding hydrogens is 324 g/mol. The minimum Gasteiger partial charge on any atom is -0.476 e. The van der Waals surface area contributed by atoms with Gasteiger partial charge in [-0.05, 0) is 43.7 Å². The van der Waals surface area contributed by atoms with Crippen LogP contribution in [0.3, 0.4) is 0 Å². The van der Waals surface area contributed by atoms with Crippen molar-refractivity contribution in [2.24, 2.45) is 5.92 Å². The molecule has 2 aromatic carbocycles. The molecule has 0 bridgehead atoms. The predicted molar refractivity (Wildman–Crippen MR) is 92.1 cm³/mol. The molecule has 0 aliphatic carbocycles. The summed E-state index contributed by atoms with van der Waals surface area (Å²) in [6.07, 6.45) is 2.25. The zero-order chi connectivity index (χ0) is 17.2. The fourth-order valence-electron chi connectivity index (χ4n) is 3.24. The second kappa shape index (κ2) is 6.80. The fraction of sp³-hybridized carbons (Fsp3) is 0.316. The summed E-state index contributed by atoms with van der Waals surface area (Å²) in [5.41, 5.74) is 0.758. The first kappa shape index (κ1) is 16.0. The van der Waals surface area contributed by atoms with E-state index in [0.29, 0.717) is 23.9 Å². The molecule has 3 aromatic rings. The highest BCUT2D eigenvalue weighted by Crippen LogP contribution is 2.29. The molecular formula is C19H19F2N3O. The summed E-state index contributed by atoms with van der Waals surface area (Å²) in [5.74, 6) is -0.155. The van der Waals surface area contributed by atoms with Gasteiger partial charge in [-0.15, -0.1) is 5.10 Å². The molecule has 0 unspecified atom stereocenters. The van der Waals surface area contributed by atoms with Crippen LogP contribution in [-0.2, 0) is 0 Å². The highest BCUT2D eigenvalue weighted by atomic mass is 19.1. The molecule has 0 radical (unpaired) electrons. The van der Waals surface area contributed by atoms with Gasteiger partial charge in [0.25, 0.3) is 0 Å². The van der Waals surface area contributed by atoms with E-state index in [1.54, 1.807) is 0 Å². The van der Waals surface area contributed by atoms with E-state index in [4.69, 9.17) is 4.74 Å². The van der Waals surface area contributed by atoms with Gasteiger partial charge in [0.05, 0.1) is 17.5 Å². The highest BCUT2D eigenvalue weighted by Gasteiger charge is 2.18. The molecule has 2 heterocycles. The number of rotatable bonds is 4. The number of halogens is 2. The van der Waals surface area contributed by atoms with Crippen LogP contribution in [0.2, 0.25) is 0 Å². The lowest BCUT2D eigenvalue weighted by molar-refractivity contribution is 0.213. The maximum atomic E-state index is 14.2. The average Bonchev–Trinajstić information content (AvgIpc) is 3.02. The zero-order valence-electron chi connectivity index (χ0n) is 13.7. The van der Waals surface area contributed by atoms with Gasteiger partial charge in [-0.3, -0.25) is 0 Å². The predicted octanol–water partition coefficient (Wildman–Crippen LogP) is 3.68. The Balaban J connectivity index is 1.70. The molecule has 4 nitrogen and oxygen atoms in total. The SMILES string of the molecule is Fc1ccc(F)c(-n2nc(OC[C@H]3CCCNC3)c3ccccc32)c1. The zero-order valence-corrected chi connectivity index (χ0v) is 13.7. The number of nitrogens with zero attached hydrogens (tertiary/aromatic N) is 2. The molecule has 1 fully saturated rings. The van der Waals surface area contributed by atoms with Crippen LogP contribution in [0.15, 0.2) is 42.5 Å². The van der Waals surface area contributed by atoms with Crippen molar-refractivity contribution < 1.29 is 13.5 Å². The van der Waals surface area contributed by atoms with Crippen LogP contribution in [0.1, 0.15) is 12.8 Å². The Morgan fingerprint density at radius 3 is 2.92 bits per heavy atom. The first-order valence-electron chi connectivity index (χ1n) is 8.49. The number of hydrogen-bond donors (Lipinski definition) is 1. The molecule has 1 aliphatic heterocycles. The van der Waals surface area contributed by atoms with E-state index in [1.165, 1.54) is 4.68 Å². The quantitative estimate of drug-likeness (QED) is 0.785. The standard InChI is InChI=1S/C19H19F2N3O/c20-14-7-8-16(21)18(10-14)24-17-6-2-1-5-15(17)19(23-24)25-12-13-4-3-9-22-11-13/h1-2,5-8,10,13,22H,3-4,9,11-12H2/t13-/m0/s1. The van der Waals surface area contributed by atoms with Gasteiger partial charge < -0.3 is 10.1 Å². The van der Waals surface area contributed by atoms with E-state index in [-0.39, 0.29) is 5.69 Å². The monoisotopic (exact) mass is 343 g/mol. The maximum Gasteiger partial charge on any atom is 0.241 e. The van der Waals surface area contributed by atoms with Crippen molar-refractivity contribution in [2.75, 3.05) is 19.7 Å².